The smallest absolute Gasteiger partial charge is 0.126 e. The monoisotopic (exact) mass is 181 g/mol. The van der Waals surface area contributed by atoms with Gasteiger partial charge in [0.15, 0.2) is 0 Å². The fraction of sp³-hybridized carbons (Fsp3) is 0.900. The van der Waals surface area contributed by atoms with Crippen molar-refractivity contribution in [3.63, 3.8) is 0 Å². The van der Waals surface area contributed by atoms with Gasteiger partial charge in [-0.1, -0.05) is 13.8 Å². The van der Waals surface area contributed by atoms with Crippen LogP contribution in [0, 0.1) is 5.92 Å². The van der Waals surface area contributed by atoms with Gasteiger partial charge in [0.1, 0.15) is 12.5 Å². The Labute approximate surface area is 80.4 Å². The van der Waals surface area contributed by atoms with Gasteiger partial charge >= 0.3 is 0 Å². The van der Waals surface area contributed by atoms with Gasteiger partial charge in [-0.15, -0.1) is 0 Å². The number of hydrogen-bond donors (Lipinski definition) is 0. The van der Waals surface area contributed by atoms with Gasteiger partial charge in [-0.05, 0) is 18.8 Å². The molecule has 0 saturated carbocycles. The van der Waals surface area contributed by atoms with Crippen LogP contribution in [0.3, 0.4) is 0 Å². The van der Waals surface area contributed by atoms with Crippen LogP contribution in [-0.2, 0) is 0 Å². The summed E-state index contributed by atoms with van der Waals surface area (Å²) >= 11 is 0. The molecule has 2 aliphatic heterocycles. The third kappa shape index (κ3) is 1.64. The van der Waals surface area contributed by atoms with Crippen LogP contribution in [0.2, 0.25) is 0 Å². The van der Waals surface area contributed by atoms with E-state index < -0.39 is 0 Å². The van der Waals surface area contributed by atoms with E-state index in [1.807, 2.05) is 5.01 Å². The predicted molar refractivity (Wildman–Crippen MR) is 54.4 cm³/mol. The van der Waals surface area contributed by atoms with Gasteiger partial charge in [-0.25, -0.2) is 0 Å². The Bertz CT molecular complexity index is 222. The average Bonchev–Trinajstić information content (AvgIpc) is 2.51. The number of hydrogen-bond acceptors (Lipinski definition) is 3. The second kappa shape index (κ2) is 3.20. The molecule has 1 saturated heterocycles. The molecule has 0 amide bonds. The van der Waals surface area contributed by atoms with Crippen molar-refractivity contribution < 1.29 is 0 Å². The molecule has 0 spiro atoms. The van der Waals surface area contributed by atoms with E-state index in [9.17, 15) is 0 Å². The van der Waals surface area contributed by atoms with Crippen LogP contribution in [0.5, 0.6) is 0 Å². The molecule has 0 aromatic carbocycles. The van der Waals surface area contributed by atoms with Crippen LogP contribution in [0.15, 0.2) is 5.10 Å². The Hall–Kier alpha value is -0.730. The molecule has 0 aromatic rings. The topological polar surface area (TPSA) is 18.8 Å². The lowest BCUT2D eigenvalue weighted by Gasteiger charge is -2.24. The average molecular weight is 181 g/mol. The maximum absolute atomic E-state index is 4.48. The minimum absolute atomic E-state index is 0.753. The van der Waals surface area contributed by atoms with Crippen LogP contribution >= 0.6 is 0 Å². The maximum atomic E-state index is 4.48. The van der Waals surface area contributed by atoms with Gasteiger partial charge in [0.25, 0.3) is 0 Å². The summed E-state index contributed by atoms with van der Waals surface area (Å²) in [7, 11) is 2.05. The molecule has 0 N–H and O–H groups in total. The third-order valence-corrected chi connectivity index (χ3v) is 2.86. The molecule has 3 nitrogen and oxygen atoms in total. The number of hydrazone groups is 1. The Morgan fingerprint density at radius 1 is 1.54 bits per heavy atom. The first-order valence-electron chi connectivity index (χ1n) is 5.22. The van der Waals surface area contributed by atoms with Crippen molar-refractivity contribution in [3.8, 4) is 0 Å². The van der Waals surface area contributed by atoms with E-state index >= 15 is 0 Å². The van der Waals surface area contributed by atoms with Gasteiger partial charge < -0.3 is 4.90 Å². The highest BCUT2D eigenvalue weighted by atomic mass is 15.6. The first-order valence-corrected chi connectivity index (χ1v) is 5.22. The fourth-order valence-electron chi connectivity index (χ4n) is 2.35. The molecule has 3 heteroatoms. The van der Waals surface area contributed by atoms with Crippen molar-refractivity contribution in [2.45, 2.75) is 39.2 Å². The highest BCUT2D eigenvalue weighted by Crippen LogP contribution is 2.28. The molecule has 74 valence electrons. The first-order chi connectivity index (χ1) is 6.16. The highest BCUT2D eigenvalue weighted by Gasteiger charge is 2.33. The van der Waals surface area contributed by atoms with Gasteiger partial charge in [-0.2, -0.15) is 5.10 Å². The molecular weight excluding hydrogens is 162 g/mol. The summed E-state index contributed by atoms with van der Waals surface area (Å²) in [5.74, 6) is 2.11. The second-order valence-corrected chi connectivity index (χ2v) is 4.61. The summed E-state index contributed by atoms with van der Waals surface area (Å²) in [6.07, 6.45) is 3.80. The summed E-state index contributed by atoms with van der Waals surface area (Å²) in [6.45, 7) is 5.61. The maximum Gasteiger partial charge on any atom is 0.126 e. The van der Waals surface area contributed by atoms with E-state index in [2.05, 4.69) is 30.9 Å². The van der Waals surface area contributed by atoms with Gasteiger partial charge in [0.2, 0.25) is 0 Å². The second-order valence-electron chi connectivity index (χ2n) is 4.61. The Kier molecular flexibility index (Phi) is 2.18. The summed E-state index contributed by atoms with van der Waals surface area (Å²) in [4.78, 5) is 2.47. The lowest BCUT2D eigenvalue weighted by atomic mass is 10.0. The van der Waals surface area contributed by atoms with Crippen molar-refractivity contribution in [1.82, 2.24) is 9.91 Å². The zero-order chi connectivity index (χ0) is 9.42. The van der Waals surface area contributed by atoms with E-state index in [0.717, 1.165) is 18.6 Å². The minimum Gasteiger partial charge on any atom is -0.336 e. The van der Waals surface area contributed by atoms with Crippen molar-refractivity contribution >= 4 is 5.84 Å². The minimum atomic E-state index is 0.753. The molecule has 2 rings (SSSR count). The van der Waals surface area contributed by atoms with Gasteiger partial charge in [0, 0.05) is 19.5 Å². The summed E-state index contributed by atoms with van der Waals surface area (Å²) in [6, 6.07) is 0.753. The first kappa shape index (κ1) is 8.85. The Morgan fingerprint density at radius 3 is 3.00 bits per heavy atom. The Balaban J connectivity index is 1.99. The summed E-state index contributed by atoms with van der Waals surface area (Å²) in [5.41, 5.74) is 0. The normalized spacial score (nSPS) is 27.1. The fourth-order valence-corrected chi connectivity index (χ4v) is 2.35. The van der Waals surface area contributed by atoms with Crippen LogP contribution in [0.25, 0.3) is 0 Å². The van der Waals surface area contributed by atoms with Crippen molar-refractivity contribution in [3.05, 3.63) is 0 Å². The van der Waals surface area contributed by atoms with Crippen LogP contribution in [-0.4, -0.2) is 35.5 Å². The van der Waals surface area contributed by atoms with Crippen LogP contribution in [0.4, 0.5) is 0 Å². The standard InChI is InChI=1S/C10H19N3/c1-8(2)6-9-4-5-10-11-12(3)7-13(9)10/h8-9H,4-7H2,1-3H3/t9-/m1/s1. The van der Waals surface area contributed by atoms with E-state index in [0.29, 0.717) is 0 Å². The van der Waals surface area contributed by atoms with Gasteiger partial charge in [-0.3, -0.25) is 5.01 Å². The van der Waals surface area contributed by atoms with E-state index in [-0.39, 0.29) is 0 Å². The van der Waals surface area contributed by atoms with Crippen molar-refractivity contribution in [2.75, 3.05) is 13.7 Å². The van der Waals surface area contributed by atoms with Gasteiger partial charge in [0.05, 0.1) is 0 Å². The quantitative estimate of drug-likeness (QED) is 0.646. The van der Waals surface area contributed by atoms with Crippen LogP contribution in [0.1, 0.15) is 33.1 Å². The molecule has 1 fully saturated rings. The molecule has 0 radical (unpaired) electrons. The Morgan fingerprint density at radius 2 is 2.31 bits per heavy atom. The SMILES string of the molecule is CC(C)C[C@H]1CCC2=NN(C)CN21. The zero-order valence-corrected chi connectivity index (χ0v) is 8.82. The predicted octanol–water partition coefficient (Wildman–Crippen LogP) is 1.71. The largest absolute Gasteiger partial charge is 0.336 e. The molecule has 0 aromatic heterocycles. The van der Waals surface area contributed by atoms with E-state index in [1.165, 1.54) is 25.1 Å². The molecule has 0 unspecified atom stereocenters. The lowest BCUT2D eigenvalue weighted by Crippen LogP contribution is -2.34. The highest BCUT2D eigenvalue weighted by molar-refractivity contribution is 5.85. The molecular formula is C10H19N3. The van der Waals surface area contributed by atoms with E-state index in [4.69, 9.17) is 0 Å². The number of fused-ring (bicyclic) bond motifs is 1. The summed E-state index contributed by atoms with van der Waals surface area (Å²) in [5, 5.41) is 6.53. The van der Waals surface area contributed by atoms with E-state index in [1.54, 1.807) is 0 Å². The zero-order valence-electron chi connectivity index (χ0n) is 8.82. The number of rotatable bonds is 2. The molecule has 13 heavy (non-hydrogen) atoms. The summed E-state index contributed by atoms with van der Waals surface area (Å²) < 4.78 is 0. The number of amidine groups is 1. The van der Waals surface area contributed by atoms with Crippen molar-refractivity contribution in [2.24, 2.45) is 11.0 Å². The molecule has 2 aliphatic rings. The third-order valence-electron chi connectivity index (χ3n) is 2.86. The molecule has 0 aliphatic carbocycles. The molecule has 0 bridgehead atoms. The molecule has 2 heterocycles. The number of nitrogens with zero attached hydrogens (tertiary/aromatic N) is 3. The van der Waals surface area contributed by atoms with Crippen LogP contribution < -0.4 is 0 Å². The van der Waals surface area contributed by atoms with Crippen molar-refractivity contribution in [1.29, 1.82) is 0 Å². The lowest BCUT2D eigenvalue weighted by molar-refractivity contribution is 0.218. The molecule has 1 atom stereocenters.